The van der Waals surface area contributed by atoms with Crippen LogP contribution in [0, 0.1) is 12.7 Å². The standard InChI is InChI=1S/C24H19Cl2FN4O3/c1-12-20(24(33)31(30(12)2)18-6-4-3-5-17(18)27)28-23(32)21-19(26)22(34-29-21)15-10-9-14(11-16(15)25)13-7-8-13/h3-6,9-11,13H,7-8H2,1-2H3,(H,28,32). The van der Waals surface area contributed by atoms with Gasteiger partial charge < -0.3 is 9.84 Å². The maximum absolute atomic E-state index is 14.3. The largest absolute Gasteiger partial charge is 0.354 e. The highest BCUT2D eigenvalue weighted by Crippen LogP contribution is 2.43. The number of carbonyl (C=O) groups is 1. The molecule has 0 atom stereocenters. The molecule has 174 valence electrons. The molecule has 0 aliphatic heterocycles. The molecule has 1 fully saturated rings. The summed E-state index contributed by atoms with van der Waals surface area (Å²) >= 11 is 12.9. The zero-order valence-corrected chi connectivity index (χ0v) is 19.7. The zero-order chi connectivity index (χ0) is 24.1. The first kappa shape index (κ1) is 22.4. The van der Waals surface area contributed by atoms with Gasteiger partial charge in [0.05, 0.1) is 10.7 Å². The molecule has 34 heavy (non-hydrogen) atoms. The van der Waals surface area contributed by atoms with Crippen LogP contribution in [0.1, 0.15) is 40.5 Å². The fourth-order valence-electron chi connectivity index (χ4n) is 3.89. The van der Waals surface area contributed by atoms with Gasteiger partial charge >= 0.3 is 0 Å². The van der Waals surface area contributed by atoms with Crippen molar-refractivity contribution in [1.29, 1.82) is 0 Å². The third kappa shape index (κ3) is 3.73. The summed E-state index contributed by atoms with van der Waals surface area (Å²) in [5.74, 6) is -0.623. The lowest BCUT2D eigenvalue weighted by atomic mass is 10.1. The van der Waals surface area contributed by atoms with Crippen LogP contribution in [0.2, 0.25) is 10.0 Å². The van der Waals surface area contributed by atoms with Crippen molar-refractivity contribution in [1.82, 2.24) is 14.5 Å². The van der Waals surface area contributed by atoms with Crippen molar-refractivity contribution in [2.24, 2.45) is 7.05 Å². The number of amides is 1. The summed E-state index contributed by atoms with van der Waals surface area (Å²) in [5, 5.41) is 6.77. The van der Waals surface area contributed by atoms with Gasteiger partial charge in [0.1, 0.15) is 22.2 Å². The summed E-state index contributed by atoms with van der Waals surface area (Å²) in [4.78, 5) is 26.0. The predicted octanol–water partition coefficient (Wildman–Crippen LogP) is 5.72. The van der Waals surface area contributed by atoms with E-state index < -0.39 is 17.3 Å². The van der Waals surface area contributed by atoms with Crippen molar-refractivity contribution >= 4 is 34.8 Å². The fraction of sp³-hybridized carbons (Fsp3) is 0.208. The highest BCUT2D eigenvalue weighted by molar-refractivity contribution is 6.38. The first-order valence-electron chi connectivity index (χ1n) is 10.6. The van der Waals surface area contributed by atoms with Crippen LogP contribution in [0.25, 0.3) is 17.0 Å². The minimum absolute atomic E-state index is 0.0248. The molecule has 4 aromatic rings. The van der Waals surface area contributed by atoms with Gasteiger partial charge in [0.25, 0.3) is 11.5 Å². The predicted molar refractivity (Wildman–Crippen MR) is 128 cm³/mol. The van der Waals surface area contributed by atoms with Gasteiger partial charge in [-0.1, -0.05) is 46.6 Å². The van der Waals surface area contributed by atoms with Gasteiger partial charge in [-0.25, -0.2) is 9.07 Å². The maximum atomic E-state index is 14.3. The smallest absolute Gasteiger partial charge is 0.295 e. The van der Waals surface area contributed by atoms with Gasteiger partial charge in [0.2, 0.25) is 0 Å². The third-order valence-electron chi connectivity index (χ3n) is 6.01. The molecule has 7 nitrogen and oxygen atoms in total. The molecule has 0 saturated heterocycles. The lowest BCUT2D eigenvalue weighted by Crippen LogP contribution is -2.23. The monoisotopic (exact) mass is 500 g/mol. The summed E-state index contributed by atoms with van der Waals surface area (Å²) in [7, 11) is 1.59. The average Bonchev–Trinajstić information content (AvgIpc) is 3.56. The molecule has 10 heteroatoms. The SMILES string of the molecule is Cc1c(NC(=O)c2noc(-c3ccc(C4CC4)cc3Cl)c2Cl)c(=O)n(-c2ccccc2F)n1C. The number of hydrogen-bond donors (Lipinski definition) is 1. The van der Waals surface area contributed by atoms with Crippen LogP contribution in [0.5, 0.6) is 0 Å². The molecule has 0 bridgehead atoms. The van der Waals surface area contributed by atoms with Crippen LogP contribution >= 0.6 is 23.2 Å². The zero-order valence-electron chi connectivity index (χ0n) is 18.2. The Bertz CT molecular complexity index is 1500. The summed E-state index contributed by atoms with van der Waals surface area (Å²) in [6.07, 6.45) is 2.28. The van der Waals surface area contributed by atoms with E-state index in [0.717, 1.165) is 23.1 Å². The van der Waals surface area contributed by atoms with E-state index in [1.54, 1.807) is 26.1 Å². The molecule has 1 aliphatic rings. The Balaban J connectivity index is 1.46. The van der Waals surface area contributed by atoms with Crippen LogP contribution in [0.3, 0.4) is 0 Å². The lowest BCUT2D eigenvalue weighted by Gasteiger charge is -2.08. The van der Waals surface area contributed by atoms with Crippen LogP contribution < -0.4 is 10.9 Å². The Hall–Kier alpha value is -3.36. The molecule has 1 saturated carbocycles. The molecule has 0 unspecified atom stereocenters. The number of aromatic nitrogens is 3. The molecule has 1 amide bonds. The first-order chi connectivity index (χ1) is 16.3. The second-order valence-electron chi connectivity index (χ2n) is 8.19. The van der Waals surface area contributed by atoms with E-state index >= 15 is 0 Å². The second-order valence-corrected chi connectivity index (χ2v) is 8.98. The minimum atomic E-state index is -0.739. The van der Waals surface area contributed by atoms with E-state index in [0.29, 0.717) is 22.2 Å². The van der Waals surface area contributed by atoms with Crippen molar-refractivity contribution in [3.05, 3.63) is 85.6 Å². The molecule has 5 rings (SSSR count). The van der Waals surface area contributed by atoms with Gasteiger partial charge in [-0.3, -0.25) is 14.3 Å². The number of benzene rings is 2. The van der Waals surface area contributed by atoms with Gasteiger partial charge in [0, 0.05) is 12.6 Å². The number of carbonyl (C=O) groups excluding carboxylic acids is 1. The molecular weight excluding hydrogens is 482 g/mol. The normalized spacial score (nSPS) is 13.3. The van der Waals surface area contributed by atoms with Crippen LogP contribution in [0.15, 0.2) is 51.8 Å². The van der Waals surface area contributed by atoms with Gasteiger partial charge in [-0.05, 0) is 55.5 Å². The molecule has 0 spiro atoms. The third-order valence-corrected chi connectivity index (χ3v) is 6.67. The van der Waals surface area contributed by atoms with Crippen molar-refractivity contribution in [3.63, 3.8) is 0 Å². The number of hydrogen-bond acceptors (Lipinski definition) is 4. The summed E-state index contributed by atoms with van der Waals surface area (Å²) in [6, 6.07) is 11.5. The number of anilines is 1. The molecule has 1 aliphatic carbocycles. The molecular formula is C24H19Cl2FN4O3. The van der Waals surface area contributed by atoms with E-state index in [1.165, 1.54) is 22.9 Å². The molecule has 1 N–H and O–H groups in total. The van der Waals surface area contributed by atoms with Crippen LogP contribution in [-0.4, -0.2) is 20.4 Å². The quantitative estimate of drug-likeness (QED) is 0.380. The van der Waals surface area contributed by atoms with Crippen molar-refractivity contribution in [3.8, 4) is 17.0 Å². The van der Waals surface area contributed by atoms with Gasteiger partial charge in [-0.15, -0.1) is 0 Å². The van der Waals surface area contributed by atoms with Crippen molar-refractivity contribution < 1.29 is 13.7 Å². The van der Waals surface area contributed by atoms with E-state index in [9.17, 15) is 14.0 Å². The molecule has 2 heterocycles. The number of rotatable bonds is 5. The highest BCUT2D eigenvalue weighted by Gasteiger charge is 2.28. The first-order valence-corrected chi connectivity index (χ1v) is 11.3. The summed E-state index contributed by atoms with van der Waals surface area (Å²) in [6.45, 7) is 1.63. The minimum Gasteiger partial charge on any atom is -0.354 e. The average molecular weight is 501 g/mol. The molecule has 2 aromatic heterocycles. The van der Waals surface area contributed by atoms with E-state index in [2.05, 4.69) is 10.5 Å². The van der Waals surface area contributed by atoms with Gasteiger partial charge in [0.15, 0.2) is 11.5 Å². The number of halogens is 3. The van der Waals surface area contributed by atoms with E-state index in [-0.39, 0.29) is 27.9 Å². The second kappa shape index (κ2) is 8.45. The number of nitrogens with one attached hydrogen (secondary N) is 1. The Labute approximate surface area is 203 Å². The highest BCUT2D eigenvalue weighted by atomic mass is 35.5. The number of nitrogens with zero attached hydrogens (tertiary/aromatic N) is 3. The van der Waals surface area contributed by atoms with E-state index in [4.69, 9.17) is 27.7 Å². The van der Waals surface area contributed by atoms with E-state index in [1.807, 2.05) is 12.1 Å². The van der Waals surface area contributed by atoms with Gasteiger partial charge in [-0.2, -0.15) is 0 Å². The Morgan fingerprint density at radius 2 is 1.94 bits per heavy atom. The maximum Gasteiger partial charge on any atom is 0.295 e. The topological polar surface area (TPSA) is 82.1 Å². The Morgan fingerprint density at radius 3 is 2.62 bits per heavy atom. The summed E-state index contributed by atoms with van der Waals surface area (Å²) in [5.41, 5.74) is 1.32. The lowest BCUT2D eigenvalue weighted by molar-refractivity contribution is 0.101. The fourth-order valence-corrected chi connectivity index (χ4v) is 4.42. The summed E-state index contributed by atoms with van der Waals surface area (Å²) < 4.78 is 22.2. The molecule has 0 radical (unpaired) electrons. The Morgan fingerprint density at radius 1 is 1.21 bits per heavy atom. The van der Waals surface area contributed by atoms with Crippen molar-refractivity contribution in [2.75, 3.05) is 5.32 Å². The van der Waals surface area contributed by atoms with Crippen LogP contribution in [-0.2, 0) is 7.05 Å². The van der Waals surface area contributed by atoms with Crippen molar-refractivity contribution in [2.45, 2.75) is 25.7 Å². The molecule has 2 aromatic carbocycles. The Kier molecular flexibility index (Phi) is 5.58. The number of para-hydroxylation sites is 1. The van der Waals surface area contributed by atoms with Crippen LogP contribution in [0.4, 0.5) is 10.1 Å².